The Labute approximate surface area is 69.9 Å². The summed E-state index contributed by atoms with van der Waals surface area (Å²) in [5, 5.41) is -0.0139. The van der Waals surface area contributed by atoms with Crippen LogP contribution in [0.25, 0.3) is 0 Å². The molecule has 12 heavy (non-hydrogen) atoms. The van der Waals surface area contributed by atoms with E-state index in [9.17, 15) is 9.28 Å². The van der Waals surface area contributed by atoms with Crippen LogP contribution in [0.1, 0.15) is 0 Å². The van der Waals surface area contributed by atoms with Crippen LogP contribution < -0.4 is 5.12 Å². The third kappa shape index (κ3) is 1.69. The number of nitrogens with zero attached hydrogens (tertiary/aromatic N) is 1. The second kappa shape index (κ2) is 3.67. The molecule has 1 rings (SSSR count). The molecular weight excluding hydrogens is 157 g/mol. The van der Waals surface area contributed by atoms with Gasteiger partial charge in [0.25, 0.3) is 5.91 Å². The first-order valence-corrected chi connectivity index (χ1v) is 3.35. The molecule has 0 aliphatic carbocycles. The van der Waals surface area contributed by atoms with Crippen molar-refractivity contribution in [2.24, 2.45) is 0 Å². The van der Waals surface area contributed by atoms with Crippen LogP contribution in [0.15, 0.2) is 36.4 Å². The maximum Gasteiger partial charge on any atom is 0.279 e. The van der Waals surface area contributed by atoms with E-state index in [2.05, 4.69) is 0 Å². The van der Waals surface area contributed by atoms with Crippen LogP contribution in [0.3, 0.4) is 0 Å². The predicted molar refractivity (Wildman–Crippen MR) is 43.9 cm³/mol. The van der Waals surface area contributed by atoms with Gasteiger partial charge in [-0.1, -0.05) is 29.3 Å². The Hall–Kier alpha value is -1.64. The minimum absolute atomic E-state index is 0.0139. The van der Waals surface area contributed by atoms with Gasteiger partial charge in [0, 0.05) is 6.08 Å². The fourth-order valence-electron chi connectivity index (χ4n) is 0.752. The van der Waals surface area contributed by atoms with Crippen LogP contribution in [-0.4, -0.2) is 5.91 Å². The first-order chi connectivity index (χ1) is 5.75. The highest BCUT2D eigenvalue weighted by atomic mass is 19.2. The van der Waals surface area contributed by atoms with E-state index in [-0.39, 0.29) is 10.8 Å². The standard InChI is InChI=1S/C9H7FNO/c1-2-9(12)11(10)8-6-4-3-5-7-8/h1-7H. The highest BCUT2D eigenvalue weighted by molar-refractivity contribution is 5.98. The predicted octanol–water partition coefficient (Wildman–Crippen LogP) is 1.89. The van der Waals surface area contributed by atoms with Crippen LogP contribution in [-0.2, 0) is 4.79 Å². The molecule has 0 spiro atoms. The molecule has 61 valence electrons. The zero-order valence-corrected chi connectivity index (χ0v) is 6.27. The van der Waals surface area contributed by atoms with E-state index in [1.165, 1.54) is 12.1 Å². The summed E-state index contributed by atoms with van der Waals surface area (Å²) in [6, 6.07) is 7.94. The Bertz CT molecular complexity index is 284. The number of hydrogen-bond acceptors (Lipinski definition) is 1. The molecular formula is C9H7FNO. The Balaban J connectivity index is 2.85. The SMILES string of the molecule is [CH]=CC(=O)N(F)c1ccccc1. The molecule has 0 aliphatic heterocycles. The lowest BCUT2D eigenvalue weighted by molar-refractivity contribution is -0.116. The highest BCUT2D eigenvalue weighted by Gasteiger charge is 2.09. The number of carbonyl (C=O) groups is 1. The first kappa shape index (κ1) is 8.46. The Morgan fingerprint density at radius 1 is 1.42 bits per heavy atom. The lowest BCUT2D eigenvalue weighted by atomic mass is 10.3. The summed E-state index contributed by atoms with van der Waals surface area (Å²) in [7, 11) is 0. The van der Waals surface area contributed by atoms with Crippen molar-refractivity contribution in [2.75, 3.05) is 5.12 Å². The molecule has 0 atom stereocenters. The molecule has 0 N–H and O–H groups in total. The molecule has 1 radical (unpaired) electrons. The molecule has 0 unspecified atom stereocenters. The molecule has 0 saturated heterocycles. The lowest BCUT2D eigenvalue weighted by Gasteiger charge is -2.07. The average Bonchev–Trinajstić information content (AvgIpc) is 2.17. The molecule has 1 amide bonds. The number of carbonyl (C=O) groups excluding carboxylic acids is 1. The third-order valence-electron chi connectivity index (χ3n) is 1.32. The van der Waals surface area contributed by atoms with Crippen LogP contribution in [0.5, 0.6) is 0 Å². The van der Waals surface area contributed by atoms with E-state index in [1.54, 1.807) is 18.2 Å². The average molecular weight is 164 g/mol. The van der Waals surface area contributed by atoms with Gasteiger partial charge >= 0.3 is 0 Å². The Morgan fingerprint density at radius 3 is 2.50 bits per heavy atom. The number of rotatable bonds is 2. The molecule has 0 saturated carbocycles. The van der Waals surface area contributed by atoms with Crippen LogP contribution >= 0.6 is 0 Å². The Kier molecular flexibility index (Phi) is 2.58. The molecule has 0 aliphatic rings. The highest BCUT2D eigenvalue weighted by Crippen LogP contribution is 2.13. The summed E-state index contributed by atoms with van der Waals surface area (Å²) in [5.41, 5.74) is 0.171. The van der Waals surface area contributed by atoms with E-state index in [0.717, 1.165) is 0 Å². The van der Waals surface area contributed by atoms with E-state index in [1.807, 2.05) is 0 Å². The summed E-state index contributed by atoms with van der Waals surface area (Å²) in [5.74, 6) is -0.874. The third-order valence-corrected chi connectivity index (χ3v) is 1.32. The number of halogens is 1. The molecule has 0 aromatic heterocycles. The van der Waals surface area contributed by atoms with E-state index >= 15 is 0 Å². The fourth-order valence-corrected chi connectivity index (χ4v) is 0.752. The van der Waals surface area contributed by atoms with Gasteiger partial charge in [-0.25, -0.2) is 0 Å². The largest absolute Gasteiger partial charge is 0.279 e. The van der Waals surface area contributed by atoms with E-state index in [4.69, 9.17) is 6.58 Å². The van der Waals surface area contributed by atoms with Crippen LogP contribution in [0.4, 0.5) is 10.2 Å². The van der Waals surface area contributed by atoms with Gasteiger partial charge in [-0.15, -0.1) is 5.12 Å². The summed E-state index contributed by atoms with van der Waals surface area (Å²) >= 11 is 0. The van der Waals surface area contributed by atoms with E-state index < -0.39 is 5.91 Å². The second-order valence-electron chi connectivity index (χ2n) is 2.12. The number of hydrogen-bond donors (Lipinski definition) is 0. The number of anilines is 1. The summed E-state index contributed by atoms with van der Waals surface area (Å²) in [4.78, 5) is 10.7. The van der Waals surface area contributed by atoms with Crippen molar-refractivity contribution in [1.82, 2.24) is 0 Å². The van der Waals surface area contributed by atoms with Gasteiger partial charge in [0.2, 0.25) is 0 Å². The van der Waals surface area contributed by atoms with Gasteiger partial charge in [0.1, 0.15) is 0 Å². The minimum Gasteiger partial charge on any atom is -0.267 e. The molecule has 1 aromatic rings. The summed E-state index contributed by atoms with van der Waals surface area (Å²) in [6.45, 7) is 4.85. The van der Waals surface area contributed by atoms with Gasteiger partial charge in [-0.2, -0.15) is 0 Å². The van der Waals surface area contributed by atoms with Crippen molar-refractivity contribution in [1.29, 1.82) is 0 Å². The summed E-state index contributed by atoms with van der Waals surface area (Å²) < 4.78 is 12.9. The molecule has 0 bridgehead atoms. The van der Waals surface area contributed by atoms with Crippen molar-refractivity contribution >= 4 is 11.6 Å². The zero-order valence-electron chi connectivity index (χ0n) is 6.27. The van der Waals surface area contributed by atoms with Crippen molar-refractivity contribution in [3.63, 3.8) is 0 Å². The van der Waals surface area contributed by atoms with Gasteiger partial charge in [0.05, 0.1) is 5.69 Å². The molecule has 1 aromatic carbocycles. The summed E-state index contributed by atoms with van der Waals surface area (Å²) in [6.07, 6.45) is 0.674. The zero-order chi connectivity index (χ0) is 8.97. The maximum atomic E-state index is 12.9. The van der Waals surface area contributed by atoms with Crippen molar-refractivity contribution in [3.05, 3.63) is 43.0 Å². The quantitative estimate of drug-likeness (QED) is 0.483. The number of para-hydroxylation sites is 1. The van der Waals surface area contributed by atoms with Crippen LogP contribution in [0, 0.1) is 6.58 Å². The molecule has 0 heterocycles. The van der Waals surface area contributed by atoms with Gasteiger partial charge < -0.3 is 0 Å². The topological polar surface area (TPSA) is 20.3 Å². The van der Waals surface area contributed by atoms with Crippen molar-refractivity contribution < 1.29 is 9.28 Å². The Morgan fingerprint density at radius 2 is 2.00 bits per heavy atom. The number of amides is 1. The normalized spacial score (nSPS) is 9.08. The first-order valence-electron chi connectivity index (χ1n) is 3.35. The smallest absolute Gasteiger partial charge is 0.267 e. The maximum absolute atomic E-state index is 12.9. The van der Waals surface area contributed by atoms with Gasteiger partial charge in [0.15, 0.2) is 0 Å². The fraction of sp³-hybridized carbons (Fsp3) is 0. The molecule has 3 heteroatoms. The molecule has 2 nitrogen and oxygen atoms in total. The second-order valence-corrected chi connectivity index (χ2v) is 2.12. The monoisotopic (exact) mass is 164 g/mol. The molecule has 0 fully saturated rings. The number of benzene rings is 1. The van der Waals surface area contributed by atoms with Gasteiger partial charge in [-0.05, 0) is 12.1 Å². The van der Waals surface area contributed by atoms with E-state index in [0.29, 0.717) is 6.08 Å². The minimum atomic E-state index is -0.874. The van der Waals surface area contributed by atoms with Crippen molar-refractivity contribution in [2.45, 2.75) is 0 Å². The van der Waals surface area contributed by atoms with Gasteiger partial charge in [-0.3, -0.25) is 4.79 Å². The van der Waals surface area contributed by atoms with Crippen molar-refractivity contribution in [3.8, 4) is 0 Å². The van der Waals surface area contributed by atoms with Crippen LogP contribution in [0.2, 0.25) is 0 Å². The lowest BCUT2D eigenvalue weighted by Crippen LogP contribution is -2.18.